The number of amides is 1. The molecule has 1 unspecified atom stereocenters. The molecule has 5 nitrogen and oxygen atoms in total. The van der Waals surface area contributed by atoms with Gasteiger partial charge in [-0.05, 0) is 39.3 Å². The van der Waals surface area contributed by atoms with Crippen molar-refractivity contribution < 1.29 is 9.90 Å². The number of aliphatic hydroxyl groups is 1. The maximum atomic E-state index is 12.0. The van der Waals surface area contributed by atoms with Gasteiger partial charge in [-0.15, -0.1) is 0 Å². The number of aliphatic hydroxyl groups excluding tert-OH is 1. The zero-order valence-electron chi connectivity index (χ0n) is 13.3. The van der Waals surface area contributed by atoms with Crippen molar-refractivity contribution in [3.63, 3.8) is 0 Å². The lowest BCUT2D eigenvalue weighted by Crippen LogP contribution is -2.28. The van der Waals surface area contributed by atoms with Crippen molar-refractivity contribution in [3.8, 4) is 5.69 Å². The fourth-order valence-corrected chi connectivity index (χ4v) is 2.39. The molecule has 1 amide bonds. The zero-order valence-corrected chi connectivity index (χ0v) is 13.3. The summed E-state index contributed by atoms with van der Waals surface area (Å²) in [4.78, 5) is 12.0. The summed E-state index contributed by atoms with van der Waals surface area (Å²) in [6, 6.07) is 9.88. The predicted molar refractivity (Wildman–Crippen MR) is 86.0 cm³/mol. The summed E-state index contributed by atoms with van der Waals surface area (Å²) < 4.78 is 1.87. The molecule has 0 saturated carbocycles. The molecule has 0 aliphatic heterocycles. The van der Waals surface area contributed by atoms with Gasteiger partial charge in [0, 0.05) is 17.8 Å². The van der Waals surface area contributed by atoms with Crippen molar-refractivity contribution in [1.82, 2.24) is 15.1 Å². The number of carbonyl (C=O) groups excluding carboxylic acids is 1. The van der Waals surface area contributed by atoms with Gasteiger partial charge in [0.25, 0.3) is 0 Å². The number of para-hydroxylation sites is 1. The van der Waals surface area contributed by atoms with Crippen LogP contribution in [0.1, 0.15) is 30.3 Å². The van der Waals surface area contributed by atoms with Crippen LogP contribution < -0.4 is 5.32 Å². The average molecular weight is 301 g/mol. The molecule has 2 N–H and O–H groups in total. The molecular formula is C17H23N3O2. The third kappa shape index (κ3) is 3.95. The molecule has 2 aromatic rings. The molecule has 2 rings (SSSR count). The van der Waals surface area contributed by atoms with E-state index in [4.69, 9.17) is 0 Å². The molecule has 0 saturated heterocycles. The summed E-state index contributed by atoms with van der Waals surface area (Å²) in [5.74, 6) is -0.0422. The largest absolute Gasteiger partial charge is 0.393 e. The number of rotatable bonds is 6. The molecular weight excluding hydrogens is 278 g/mol. The summed E-state index contributed by atoms with van der Waals surface area (Å²) in [6.45, 7) is 6.10. The molecule has 0 spiro atoms. The van der Waals surface area contributed by atoms with E-state index in [1.165, 1.54) is 0 Å². The van der Waals surface area contributed by atoms with Crippen LogP contribution in [0.15, 0.2) is 30.3 Å². The molecule has 118 valence electrons. The predicted octanol–water partition coefficient (Wildman–Crippen LogP) is 1.92. The van der Waals surface area contributed by atoms with E-state index < -0.39 is 6.10 Å². The van der Waals surface area contributed by atoms with Crippen molar-refractivity contribution in [3.05, 3.63) is 47.3 Å². The first-order chi connectivity index (χ1) is 10.5. The first-order valence-electron chi connectivity index (χ1n) is 7.54. The van der Waals surface area contributed by atoms with Gasteiger partial charge >= 0.3 is 0 Å². The highest BCUT2D eigenvalue weighted by Crippen LogP contribution is 2.18. The van der Waals surface area contributed by atoms with Crippen LogP contribution in [-0.4, -0.2) is 33.4 Å². The Balaban J connectivity index is 2.09. The molecule has 0 aliphatic carbocycles. The topological polar surface area (TPSA) is 67.2 Å². The summed E-state index contributed by atoms with van der Waals surface area (Å²) >= 11 is 0. The van der Waals surface area contributed by atoms with Crippen LogP contribution in [0, 0.1) is 13.8 Å². The number of aryl methyl sites for hydroxylation is 1. The highest BCUT2D eigenvalue weighted by atomic mass is 16.3. The van der Waals surface area contributed by atoms with Crippen molar-refractivity contribution in [1.29, 1.82) is 0 Å². The third-order valence-electron chi connectivity index (χ3n) is 3.66. The quantitative estimate of drug-likeness (QED) is 0.856. The number of nitrogens with one attached hydrogen (secondary N) is 1. The number of hydrogen-bond donors (Lipinski definition) is 2. The first kappa shape index (κ1) is 16.2. The van der Waals surface area contributed by atoms with E-state index >= 15 is 0 Å². The molecule has 0 aliphatic rings. The van der Waals surface area contributed by atoms with E-state index in [0.717, 1.165) is 22.6 Å². The number of nitrogens with zero attached hydrogens (tertiary/aromatic N) is 2. The molecule has 5 heteroatoms. The van der Waals surface area contributed by atoms with Crippen LogP contribution >= 0.6 is 0 Å². The van der Waals surface area contributed by atoms with E-state index in [0.29, 0.717) is 19.4 Å². The lowest BCUT2D eigenvalue weighted by molar-refractivity contribution is -0.120. The van der Waals surface area contributed by atoms with Gasteiger partial charge in [-0.25, -0.2) is 4.68 Å². The average Bonchev–Trinajstić information content (AvgIpc) is 2.76. The summed E-state index contributed by atoms with van der Waals surface area (Å²) in [5, 5.41) is 16.6. The second kappa shape index (κ2) is 7.22. The SMILES string of the molecule is Cc1nn(-c2ccccc2)c(C)c1CC(=O)NCCC(C)O. The normalized spacial score (nSPS) is 12.2. The van der Waals surface area contributed by atoms with Gasteiger partial charge in [0.05, 0.1) is 23.9 Å². The van der Waals surface area contributed by atoms with E-state index in [2.05, 4.69) is 10.4 Å². The summed E-state index contributed by atoms with van der Waals surface area (Å²) in [7, 11) is 0. The van der Waals surface area contributed by atoms with E-state index in [1.54, 1.807) is 6.92 Å². The Hall–Kier alpha value is -2.14. The minimum Gasteiger partial charge on any atom is -0.393 e. The summed E-state index contributed by atoms with van der Waals surface area (Å²) in [5.41, 5.74) is 3.80. The number of carbonyl (C=O) groups is 1. The third-order valence-corrected chi connectivity index (χ3v) is 3.66. The van der Waals surface area contributed by atoms with Gasteiger partial charge in [-0.2, -0.15) is 5.10 Å². The minimum absolute atomic E-state index is 0.0422. The van der Waals surface area contributed by atoms with Crippen molar-refractivity contribution in [2.75, 3.05) is 6.54 Å². The molecule has 1 atom stereocenters. The van der Waals surface area contributed by atoms with Crippen LogP contribution in [0.4, 0.5) is 0 Å². The Bertz CT molecular complexity index is 633. The molecule has 22 heavy (non-hydrogen) atoms. The maximum absolute atomic E-state index is 12.0. The first-order valence-corrected chi connectivity index (χ1v) is 7.54. The van der Waals surface area contributed by atoms with Crippen LogP contribution in [-0.2, 0) is 11.2 Å². The van der Waals surface area contributed by atoms with Crippen LogP contribution in [0.3, 0.4) is 0 Å². The second-order valence-electron chi connectivity index (χ2n) is 5.56. The standard InChI is InChI=1S/C17H23N3O2/c1-12(21)9-10-18-17(22)11-16-13(2)19-20(14(16)3)15-7-5-4-6-8-15/h4-8,12,21H,9-11H2,1-3H3,(H,18,22). The number of benzene rings is 1. The lowest BCUT2D eigenvalue weighted by atomic mass is 10.1. The zero-order chi connectivity index (χ0) is 16.1. The van der Waals surface area contributed by atoms with Crippen LogP contribution in [0.2, 0.25) is 0 Å². The fourth-order valence-electron chi connectivity index (χ4n) is 2.39. The molecule has 0 bridgehead atoms. The van der Waals surface area contributed by atoms with Crippen molar-refractivity contribution in [2.24, 2.45) is 0 Å². The Morgan fingerprint density at radius 3 is 2.64 bits per heavy atom. The van der Waals surface area contributed by atoms with Crippen LogP contribution in [0.25, 0.3) is 5.69 Å². The van der Waals surface area contributed by atoms with Gasteiger partial charge in [-0.3, -0.25) is 4.79 Å². The number of hydrogen-bond acceptors (Lipinski definition) is 3. The highest BCUT2D eigenvalue weighted by Gasteiger charge is 2.15. The Morgan fingerprint density at radius 1 is 1.32 bits per heavy atom. The minimum atomic E-state index is -0.399. The van der Waals surface area contributed by atoms with E-state index in [-0.39, 0.29) is 5.91 Å². The maximum Gasteiger partial charge on any atom is 0.224 e. The van der Waals surface area contributed by atoms with Crippen molar-refractivity contribution in [2.45, 2.75) is 39.7 Å². The molecule has 0 fully saturated rings. The fraction of sp³-hybridized carbons (Fsp3) is 0.412. The smallest absolute Gasteiger partial charge is 0.224 e. The van der Waals surface area contributed by atoms with E-state index in [1.807, 2.05) is 48.9 Å². The van der Waals surface area contributed by atoms with Gasteiger partial charge < -0.3 is 10.4 Å². The summed E-state index contributed by atoms with van der Waals surface area (Å²) in [6.07, 6.45) is 0.474. The van der Waals surface area contributed by atoms with Gasteiger partial charge in [0.1, 0.15) is 0 Å². The second-order valence-corrected chi connectivity index (χ2v) is 5.56. The Morgan fingerprint density at radius 2 is 2.00 bits per heavy atom. The molecule has 1 heterocycles. The van der Waals surface area contributed by atoms with Gasteiger partial charge in [0.2, 0.25) is 5.91 Å². The van der Waals surface area contributed by atoms with Crippen molar-refractivity contribution >= 4 is 5.91 Å². The Labute approximate surface area is 131 Å². The van der Waals surface area contributed by atoms with Gasteiger partial charge in [0.15, 0.2) is 0 Å². The Kier molecular flexibility index (Phi) is 5.33. The molecule has 0 radical (unpaired) electrons. The van der Waals surface area contributed by atoms with E-state index in [9.17, 15) is 9.90 Å². The molecule has 1 aromatic carbocycles. The van der Waals surface area contributed by atoms with Crippen LogP contribution in [0.5, 0.6) is 0 Å². The number of aromatic nitrogens is 2. The lowest BCUT2D eigenvalue weighted by Gasteiger charge is -2.08. The molecule has 1 aromatic heterocycles. The monoisotopic (exact) mass is 301 g/mol. The van der Waals surface area contributed by atoms with Gasteiger partial charge in [-0.1, -0.05) is 18.2 Å². The highest BCUT2D eigenvalue weighted by molar-refractivity contribution is 5.79.